The van der Waals surface area contributed by atoms with E-state index in [0.717, 1.165) is 5.56 Å². The summed E-state index contributed by atoms with van der Waals surface area (Å²) in [6, 6.07) is 15.5. The van der Waals surface area contributed by atoms with Gasteiger partial charge in [-0.1, -0.05) is 42.5 Å². The Labute approximate surface area is 149 Å². The molecule has 0 atom stereocenters. The van der Waals surface area contributed by atoms with Crippen molar-refractivity contribution in [2.45, 2.75) is 0 Å². The number of nitrogens with zero attached hydrogens (tertiary/aromatic N) is 3. The Kier molecular flexibility index (Phi) is 5.09. The molecule has 0 bridgehead atoms. The Balaban J connectivity index is 1.65. The van der Waals surface area contributed by atoms with Gasteiger partial charge in [0.2, 0.25) is 5.91 Å². The molecule has 0 spiro atoms. The molecule has 3 rings (SSSR count). The summed E-state index contributed by atoms with van der Waals surface area (Å²) in [5, 5.41) is 13.4. The molecule has 1 heterocycles. The van der Waals surface area contributed by atoms with Crippen LogP contribution >= 0.6 is 0 Å². The first kappa shape index (κ1) is 17.0. The molecule has 0 unspecified atom stereocenters. The van der Waals surface area contributed by atoms with Gasteiger partial charge in [0.15, 0.2) is 5.82 Å². The number of rotatable bonds is 5. The van der Waals surface area contributed by atoms with Crippen LogP contribution in [0.15, 0.2) is 73.1 Å². The summed E-state index contributed by atoms with van der Waals surface area (Å²) in [6.07, 6.45) is 5.84. The zero-order valence-corrected chi connectivity index (χ0v) is 13.6. The molecular formula is C19H14N4O3. The van der Waals surface area contributed by atoms with Crippen LogP contribution in [0.2, 0.25) is 0 Å². The molecule has 0 aliphatic heterocycles. The molecule has 1 aromatic heterocycles. The summed E-state index contributed by atoms with van der Waals surface area (Å²) in [7, 11) is 0. The lowest BCUT2D eigenvalue weighted by molar-refractivity contribution is -0.384. The van der Waals surface area contributed by atoms with Crippen molar-refractivity contribution in [2.24, 2.45) is 0 Å². The zero-order chi connectivity index (χ0) is 18.4. The molecule has 7 heteroatoms. The molecule has 0 aliphatic carbocycles. The molecule has 0 saturated carbocycles. The fourth-order valence-electron chi connectivity index (χ4n) is 2.23. The molecule has 0 aliphatic rings. The van der Waals surface area contributed by atoms with E-state index in [0.29, 0.717) is 17.1 Å². The van der Waals surface area contributed by atoms with E-state index in [1.54, 1.807) is 12.1 Å². The number of anilines is 1. The average molecular weight is 346 g/mol. The van der Waals surface area contributed by atoms with Crippen LogP contribution in [0, 0.1) is 10.1 Å². The van der Waals surface area contributed by atoms with Crippen LogP contribution in [-0.4, -0.2) is 20.8 Å². The first-order valence-corrected chi connectivity index (χ1v) is 7.73. The normalized spacial score (nSPS) is 10.6. The Morgan fingerprint density at radius 2 is 1.77 bits per heavy atom. The molecule has 0 fully saturated rings. The van der Waals surface area contributed by atoms with E-state index >= 15 is 0 Å². The lowest BCUT2D eigenvalue weighted by Crippen LogP contribution is -2.08. The van der Waals surface area contributed by atoms with Crippen molar-refractivity contribution in [1.82, 2.24) is 9.97 Å². The van der Waals surface area contributed by atoms with Crippen LogP contribution in [0.3, 0.4) is 0 Å². The molecule has 26 heavy (non-hydrogen) atoms. The van der Waals surface area contributed by atoms with Crippen molar-refractivity contribution in [3.8, 4) is 11.4 Å². The van der Waals surface area contributed by atoms with Crippen LogP contribution in [0.4, 0.5) is 11.4 Å². The van der Waals surface area contributed by atoms with E-state index in [4.69, 9.17) is 0 Å². The number of hydrogen-bond acceptors (Lipinski definition) is 5. The number of nitro groups is 1. The van der Waals surface area contributed by atoms with Gasteiger partial charge in [0.25, 0.3) is 5.69 Å². The Bertz CT molecular complexity index is 954. The minimum atomic E-state index is -0.483. The monoisotopic (exact) mass is 346 g/mol. The van der Waals surface area contributed by atoms with Crippen LogP contribution in [-0.2, 0) is 4.79 Å². The third-order valence-electron chi connectivity index (χ3n) is 3.46. The maximum Gasteiger partial charge on any atom is 0.270 e. The number of nitro benzene ring substituents is 1. The first-order chi connectivity index (χ1) is 12.6. The van der Waals surface area contributed by atoms with E-state index in [1.165, 1.54) is 36.7 Å². The Hall–Kier alpha value is -3.87. The molecule has 128 valence electrons. The highest BCUT2D eigenvalue weighted by molar-refractivity contribution is 6.01. The van der Waals surface area contributed by atoms with Crippen LogP contribution in [0.5, 0.6) is 0 Å². The van der Waals surface area contributed by atoms with E-state index in [-0.39, 0.29) is 11.6 Å². The largest absolute Gasteiger partial charge is 0.320 e. The highest BCUT2D eigenvalue weighted by atomic mass is 16.6. The van der Waals surface area contributed by atoms with Gasteiger partial charge in [-0.05, 0) is 11.6 Å². The predicted octanol–water partition coefficient (Wildman–Crippen LogP) is 3.70. The fourth-order valence-corrected chi connectivity index (χ4v) is 2.23. The van der Waals surface area contributed by atoms with Gasteiger partial charge >= 0.3 is 0 Å². The molecule has 1 amide bonds. The van der Waals surface area contributed by atoms with Gasteiger partial charge < -0.3 is 5.32 Å². The van der Waals surface area contributed by atoms with E-state index < -0.39 is 4.92 Å². The topological polar surface area (TPSA) is 98.0 Å². The zero-order valence-electron chi connectivity index (χ0n) is 13.6. The smallest absolute Gasteiger partial charge is 0.270 e. The summed E-state index contributed by atoms with van der Waals surface area (Å²) in [4.78, 5) is 30.7. The number of non-ortho nitro benzene ring substituents is 1. The van der Waals surface area contributed by atoms with E-state index in [2.05, 4.69) is 15.3 Å². The SMILES string of the molecule is O=C(C=Cc1cccc([N+](=O)[O-])c1)Nc1cnc(-c2ccccc2)nc1. The second-order valence-electron chi connectivity index (χ2n) is 5.34. The highest BCUT2D eigenvalue weighted by Crippen LogP contribution is 2.16. The second kappa shape index (κ2) is 7.80. The maximum absolute atomic E-state index is 12.0. The standard InChI is InChI=1S/C19H14N4O3/c24-18(10-9-14-5-4-8-17(11-14)23(25)26)22-16-12-20-19(21-13-16)15-6-2-1-3-7-15/h1-13H,(H,22,24). The van der Waals surface area contributed by atoms with Crippen molar-refractivity contribution in [2.75, 3.05) is 5.32 Å². The fraction of sp³-hybridized carbons (Fsp3) is 0. The maximum atomic E-state index is 12.0. The first-order valence-electron chi connectivity index (χ1n) is 7.73. The lowest BCUT2D eigenvalue weighted by atomic mass is 10.2. The summed E-state index contributed by atoms with van der Waals surface area (Å²) in [6.45, 7) is 0. The summed E-state index contributed by atoms with van der Waals surface area (Å²) in [5.41, 5.74) is 1.87. The number of amides is 1. The number of hydrogen-bond donors (Lipinski definition) is 1. The van der Waals surface area contributed by atoms with Crippen LogP contribution in [0.25, 0.3) is 17.5 Å². The van der Waals surface area contributed by atoms with Gasteiger partial charge in [0.05, 0.1) is 23.0 Å². The van der Waals surface area contributed by atoms with Crippen LogP contribution in [0.1, 0.15) is 5.56 Å². The average Bonchev–Trinajstić information content (AvgIpc) is 2.68. The Morgan fingerprint density at radius 3 is 2.46 bits per heavy atom. The van der Waals surface area contributed by atoms with E-state index in [1.807, 2.05) is 30.3 Å². The van der Waals surface area contributed by atoms with Crippen molar-refractivity contribution in [1.29, 1.82) is 0 Å². The van der Waals surface area contributed by atoms with Gasteiger partial charge in [-0.3, -0.25) is 14.9 Å². The van der Waals surface area contributed by atoms with Crippen molar-refractivity contribution in [3.05, 3.63) is 88.7 Å². The van der Waals surface area contributed by atoms with Crippen molar-refractivity contribution in [3.63, 3.8) is 0 Å². The van der Waals surface area contributed by atoms with E-state index in [9.17, 15) is 14.9 Å². The molecule has 0 radical (unpaired) electrons. The van der Waals surface area contributed by atoms with Crippen molar-refractivity contribution >= 4 is 23.4 Å². The molecule has 3 aromatic rings. The number of nitrogens with one attached hydrogen (secondary N) is 1. The predicted molar refractivity (Wildman–Crippen MR) is 98.2 cm³/mol. The molecular weight excluding hydrogens is 332 g/mol. The number of benzene rings is 2. The van der Waals surface area contributed by atoms with Gasteiger partial charge in [0, 0.05) is 23.8 Å². The van der Waals surface area contributed by atoms with Gasteiger partial charge in [-0.25, -0.2) is 9.97 Å². The molecule has 2 aromatic carbocycles. The Morgan fingerprint density at radius 1 is 1.04 bits per heavy atom. The molecule has 7 nitrogen and oxygen atoms in total. The minimum Gasteiger partial charge on any atom is -0.320 e. The minimum absolute atomic E-state index is 0.0301. The van der Waals surface area contributed by atoms with Gasteiger partial charge in [0.1, 0.15) is 0 Å². The quantitative estimate of drug-likeness (QED) is 0.431. The van der Waals surface area contributed by atoms with Crippen molar-refractivity contribution < 1.29 is 9.72 Å². The molecule has 0 saturated heterocycles. The number of carbonyl (C=O) groups excluding carboxylic acids is 1. The third-order valence-corrected chi connectivity index (χ3v) is 3.46. The van der Waals surface area contributed by atoms with Gasteiger partial charge in [-0.2, -0.15) is 0 Å². The molecule has 1 N–H and O–H groups in total. The summed E-state index contributed by atoms with van der Waals surface area (Å²) in [5.74, 6) is 0.184. The third kappa shape index (κ3) is 4.35. The second-order valence-corrected chi connectivity index (χ2v) is 5.34. The number of carbonyl (C=O) groups is 1. The number of aromatic nitrogens is 2. The highest BCUT2D eigenvalue weighted by Gasteiger charge is 2.05. The van der Waals surface area contributed by atoms with Crippen LogP contribution < -0.4 is 5.32 Å². The summed E-state index contributed by atoms with van der Waals surface area (Å²) < 4.78 is 0. The van der Waals surface area contributed by atoms with Gasteiger partial charge in [-0.15, -0.1) is 0 Å². The summed E-state index contributed by atoms with van der Waals surface area (Å²) >= 11 is 0. The lowest BCUT2D eigenvalue weighted by Gasteiger charge is -2.03.